The van der Waals surface area contributed by atoms with Crippen LogP contribution in [0, 0.1) is 0 Å². The van der Waals surface area contributed by atoms with Gasteiger partial charge in [-0.2, -0.15) is 5.10 Å². The first-order valence-corrected chi connectivity index (χ1v) is 7.79. The highest BCUT2D eigenvalue weighted by atomic mass is 16.5. The fourth-order valence-electron chi connectivity index (χ4n) is 2.33. The van der Waals surface area contributed by atoms with E-state index in [9.17, 15) is 4.79 Å². The van der Waals surface area contributed by atoms with Crippen LogP contribution < -0.4 is 10.1 Å². The number of para-hydroxylation sites is 1. The molecule has 1 N–H and O–H groups in total. The number of carbonyl (C=O) groups is 1. The number of hydrogen-bond donors (Lipinski definition) is 1. The Morgan fingerprint density at radius 2 is 2.00 bits per heavy atom. The summed E-state index contributed by atoms with van der Waals surface area (Å²) >= 11 is 0. The lowest BCUT2D eigenvalue weighted by atomic mass is 10.2. The van der Waals surface area contributed by atoms with Crippen molar-refractivity contribution < 1.29 is 9.53 Å². The van der Waals surface area contributed by atoms with Crippen molar-refractivity contribution in [3.05, 3.63) is 78.6 Å². The number of hydrogen-bond acceptors (Lipinski definition) is 3. The maximum Gasteiger partial charge on any atom is 0.265 e. The van der Waals surface area contributed by atoms with Gasteiger partial charge in [0.05, 0.1) is 6.54 Å². The molecule has 0 spiro atoms. The maximum absolute atomic E-state index is 12.3. The molecule has 3 aromatic rings. The van der Waals surface area contributed by atoms with Gasteiger partial charge in [0.25, 0.3) is 5.91 Å². The number of amides is 1. The molecular weight excluding hydrogens is 302 g/mol. The largest absolute Gasteiger partial charge is 0.481 e. The topological polar surface area (TPSA) is 56.1 Å². The summed E-state index contributed by atoms with van der Waals surface area (Å²) < 4.78 is 7.47. The zero-order valence-corrected chi connectivity index (χ0v) is 13.4. The Hall–Kier alpha value is -3.08. The highest BCUT2D eigenvalue weighted by Crippen LogP contribution is 2.14. The number of anilines is 1. The number of nitrogens with one attached hydrogen (secondary N) is 1. The van der Waals surface area contributed by atoms with Crippen molar-refractivity contribution in [3.8, 4) is 5.75 Å². The molecule has 0 fully saturated rings. The summed E-state index contributed by atoms with van der Waals surface area (Å²) in [5.74, 6) is 0.489. The van der Waals surface area contributed by atoms with Gasteiger partial charge in [-0.25, -0.2) is 0 Å². The lowest BCUT2D eigenvalue weighted by Gasteiger charge is -2.15. The minimum Gasteiger partial charge on any atom is -0.481 e. The molecule has 5 heteroatoms. The summed E-state index contributed by atoms with van der Waals surface area (Å²) in [7, 11) is 0. The Kier molecular flexibility index (Phi) is 4.91. The summed E-state index contributed by atoms with van der Waals surface area (Å²) in [6, 6.07) is 18.9. The van der Waals surface area contributed by atoms with Crippen molar-refractivity contribution >= 4 is 11.6 Å². The van der Waals surface area contributed by atoms with Gasteiger partial charge >= 0.3 is 0 Å². The standard InChI is InChI=1S/C19H19N3O2/c1-15(24-18-9-3-2-4-10-18)19(23)21-17-8-5-7-16(13-17)14-22-12-6-11-20-22/h2-13,15H,14H2,1H3,(H,21,23). The molecule has 24 heavy (non-hydrogen) atoms. The molecular formula is C19H19N3O2. The van der Waals surface area contributed by atoms with E-state index in [-0.39, 0.29) is 5.91 Å². The van der Waals surface area contributed by atoms with Crippen LogP contribution in [-0.4, -0.2) is 21.8 Å². The molecule has 0 aliphatic rings. The van der Waals surface area contributed by atoms with E-state index in [1.54, 1.807) is 13.1 Å². The van der Waals surface area contributed by atoms with Gasteiger partial charge in [-0.3, -0.25) is 9.48 Å². The molecule has 3 rings (SSSR count). The van der Waals surface area contributed by atoms with Crippen molar-refractivity contribution in [2.24, 2.45) is 0 Å². The molecule has 5 nitrogen and oxygen atoms in total. The molecule has 0 radical (unpaired) electrons. The van der Waals surface area contributed by atoms with Crippen LogP contribution in [0.2, 0.25) is 0 Å². The summed E-state index contributed by atoms with van der Waals surface area (Å²) in [4.78, 5) is 12.3. The Bertz CT molecular complexity index is 785. The first-order valence-electron chi connectivity index (χ1n) is 7.79. The normalized spacial score (nSPS) is 11.7. The smallest absolute Gasteiger partial charge is 0.265 e. The molecule has 1 atom stereocenters. The van der Waals surface area contributed by atoms with Crippen LogP contribution in [0.15, 0.2) is 73.1 Å². The van der Waals surface area contributed by atoms with E-state index in [1.807, 2.05) is 71.5 Å². The average Bonchev–Trinajstić information content (AvgIpc) is 3.09. The third-order valence-electron chi connectivity index (χ3n) is 3.52. The molecule has 0 aliphatic carbocycles. The molecule has 0 bridgehead atoms. The molecule has 122 valence electrons. The van der Waals surface area contributed by atoms with Crippen LogP contribution >= 0.6 is 0 Å². The molecule has 1 amide bonds. The second kappa shape index (κ2) is 7.46. The van der Waals surface area contributed by atoms with Crippen LogP contribution in [-0.2, 0) is 11.3 Å². The highest BCUT2D eigenvalue weighted by molar-refractivity contribution is 5.94. The van der Waals surface area contributed by atoms with Gasteiger partial charge in [0.15, 0.2) is 6.10 Å². The first-order chi connectivity index (χ1) is 11.7. The molecule has 0 saturated heterocycles. The van der Waals surface area contributed by atoms with Crippen molar-refractivity contribution in [2.75, 3.05) is 5.32 Å². The minimum atomic E-state index is -0.581. The highest BCUT2D eigenvalue weighted by Gasteiger charge is 2.14. The van der Waals surface area contributed by atoms with Gasteiger partial charge in [0.2, 0.25) is 0 Å². The van der Waals surface area contributed by atoms with Crippen LogP contribution in [0.4, 0.5) is 5.69 Å². The zero-order valence-electron chi connectivity index (χ0n) is 13.4. The van der Waals surface area contributed by atoms with E-state index in [1.165, 1.54) is 0 Å². The lowest BCUT2D eigenvalue weighted by Crippen LogP contribution is -2.30. The van der Waals surface area contributed by atoms with E-state index >= 15 is 0 Å². The van der Waals surface area contributed by atoms with Crippen molar-refractivity contribution in [1.29, 1.82) is 0 Å². The van der Waals surface area contributed by atoms with Crippen molar-refractivity contribution in [1.82, 2.24) is 9.78 Å². The molecule has 2 aromatic carbocycles. The van der Waals surface area contributed by atoms with Gasteiger partial charge in [-0.1, -0.05) is 30.3 Å². The van der Waals surface area contributed by atoms with E-state index in [2.05, 4.69) is 10.4 Å². The molecule has 0 aliphatic heterocycles. The number of benzene rings is 2. The maximum atomic E-state index is 12.3. The number of aromatic nitrogens is 2. The van der Waals surface area contributed by atoms with E-state index < -0.39 is 6.10 Å². The number of nitrogens with zero attached hydrogens (tertiary/aromatic N) is 2. The lowest BCUT2D eigenvalue weighted by molar-refractivity contribution is -0.122. The second-order valence-electron chi connectivity index (χ2n) is 5.47. The number of carbonyl (C=O) groups excluding carboxylic acids is 1. The van der Waals surface area contributed by atoms with Gasteiger partial charge in [0.1, 0.15) is 5.75 Å². The van der Waals surface area contributed by atoms with Gasteiger partial charge < -0.3 is 10.1 Å². The van der Waals surface area contributed by atoms with Crippen LogP contribution in [0.25, 0.3) is 0 Å². The number of rotatable bonds is 6. The third kappa shape index (κ3) is 4.23. The summed E-state index contributed by atoms with van der Waals surface area (Å²) in [5, 5.41) is 7.07. The first kappa shape index (κ1) is 15.8. The fraction of sp³-hybridized carbons (Fsp3) is 0.158. The Morgan fingerprint density at radius 1 is 1.17 bits per heavy atom. The summed E-state index contributed by atoms with van der Waals surface area (Å²) in [6.45, 7) is 2.39. The van der Waals surface area contributed by atoms with Crippen LogP contribution in [0.5, 0.6) is 5.75 Å². The van der Waals surface area contributed by atoms with E-state index in [4.69, 9.17) is 4.74 Å². The van der Waals surface area contributed by atoms with E-state index in [0.29, 0.717) is 12.3 Å². The van der Waals surface area contributed by atoms with Crippen molar-refractivity contribution in [2.45, 2.75) is 19.6 Å². The summed E-state index contributed by atoms with van der Waals surface area (Å²) in [5.41, 5.74) is 1.81. The van der Waals surface area contributed by atoms with E-state index in [0.717, 1.165) is 11.3 Å². The molecule has 1 aromatic heterocycles. The van der Waals surface area contributed by atoms with Gasteiger partial charge in [-0.15, -0.1) is 0 Å². The summed E-state index contributed by atoms with van der Waals surface area (Å²) in [6.07, 6.45) is 3.07. The molecule has 1 unspecified atom stereocenters. The zero-order chi connectivity index (χ0) is 16.8. The molecule has 1 heterocycles. The Morgan fingerprint density at radius 3 is 2.75 bits per heavy atom. The Balaban J connectivity index is 1.61. The predicted molar refractivity (Wildman–Crippen MR) is 92.9 cm³/mol. The second-order valence-corrected chi connectivity index (χ2v) is 5.47. The predicted octanol–water partition coefficient (Wildman–Crippen LogP) is 3.34. The Labute approximate surface area is 140 Å². The third-order valence-corrected chi connectivity index (χ3v) is 3.52. The fourth-order valence-corrected chi connectivity index (χ4v) is 2.33. The molecule has 0 saturated carbocycles. The van der Waals surface area contributed by atoms with Crippen LogP contribution in [0.3, 0.4) is 0 Å². The average molecular weight is 321 g/mol. The minimum absolute atomic E-state index is 0.185. The van der Waals surface area contributed by atoms with Crippen molar-refractivity contribution in [3.63, 3.8) is 0 Å². The quantitative estimate of drug-likeness (QED) is 0.757. The van der Waals surface area contributed by atoms with Gasteiger partial charge in [0, 0.05) is 18.1 Å². The number of ether oxygens (including phenoxy) is 1. The van der Waals surface area contributed by atoms with Gasteiger partial charge in [-0.05, 0) is 42.8 Å². The monoisotopic (exact) mass is 321 g/mol. The SMILES string of the molecule is CC(Oc1ccccc1)C(=O)Nc1cccc(Cn2cccn2)c1. The van der Waals surface area contributed by atoms with Crippen LogP contribution in [0.1, 0.15) is 12.5 Å².